The van der Waals surface area contributed by atoms with E-state index in [0.29, 0.717) is 0 Å². The van der Waals surface area contributed by atoms with Crippen molar-refractivity contribution in [2.45, 2.75) is 18.9 Å². The molecule has 5 heteroatoms. The summed E-state index contributed by atoms with van der Waals surface area (Å²) < 4.78 is 5.67. The quantitative estimate of drug-likeness (QED) is 0.351. The van der Waals surface area contributed by atoms with E-state index in [0.717, 1.165) is 22.0 Å². The molecule has 164 valence electrons. The van der Waals surface area contributed by atoms with Crippen LogP contribution in [0.5, 0.6) is 0 Å². The maximum absolute atomic E-state index is 12.6. The largest absolute Gasteiger partial charge is 0.449 e. The van der Waals surface area contributed by atoms with Crippen LogP contribution in [0.3, 0.4) is 0 Å². The molecule has 1 aliphatic rings. The third kappa shape index (κ3) is 4.10. The summed E-state index contributed by atoms with van der Waals surface area (Å²) in [5.74, 6) is 0.0330. The van der Waals surface area contributed by atoms with Gasteiger partial charge in [-0.3, -0.25) is 4.98 Å². The average Bonchev–Trinajstić information content (AvgIpc) is 3.16. The molecule has 0 bridgehead atoms. The van der Waals surface area contributed by atoms with Gasteiger partial charge in [-0.1, -0.05) is 78.3 Å². The second kappa shape index (κ2) is 9.08. The number of rotatable bonds is 5. The van der Waals surface area contributed by atoms with Crippen LogP contribution in [0.2, 0.25) is 0 Å². The first kappa shape index (κ1) is 21.2. The second-order valence-corrected chi connectivity index (χ2v) is 8.41. The lowest BCUT2D eigenvalue weighted by Gasteiger charge is -2.17. The number of halogens is 1. The van der Waals surface area contributed by atoms with Crippen LogP contribution in [0.25, 0.3) is 28.0 Å². The highest BCUT2D eigenvalue weighted by Gasteiger charge is 2.29. The van der Waals surface area contributed by atoms with Gasteiger partial charge in [0.15, 0.2) is 0 Å². The summed E-state index contributed by atoms with van der Waals surface area (Å²) in [5.41, 5.74) is 8.06. The van der Waals surface area contributed by atoms with Gasteiger partial charge in [0, 0.05) is 23.0 Å². The van der Waals surface area contributed by atoms with E-state index in [2.05, 4.69) is 34.6 Å². The third-order valence-corrected chi connectivity index (χ3v) is 6.31. The molecule has 1 heterocycles. The molecule has 33 heavy (non-hydrogen) atoms. The van der Waals surface area contributed by atoms with E-state index in [9.17, 15) is 4.79 Å². The van der Waals surface area contributed by atoms with E-state index in [-0.39, 0.29) is 18.6 Å². The molecule has 0 aliphatic heterocycles. The van der Waals surface area contributed by atoms with Crippen LogP contribution >= 0.6 is 11.6 Å². The SMILES string of the molecule is CC(NC(=O)OCC1c2ccccc2-c2ccccc21)c1cc2cccc(C=CCl)c2cn1. The first-order valence-electron chi connectivity index (χ1n) is 10.9. The van der Waals surface area contributed by atoms with Crippen LogP contribution in [0.1, 0.15) is 41.3 Å². The number of benzene rings is 3. The number of nitrogens with zero attached hydrogens (tertiary/aromatic N) is 1. The van der Waals surface area contributed by atoms with Crippen LogP contribution in [-0.4, -0.2) is 17.7 Å². The highest BCUT2D eigenvalue weighted by molar-refractivity contribution is 6.27. The Labute approximate surface area is 197 Å². The molecule has 0 saturated carbocycles. The van der Waals surface area contributed by atoms with Gasteiger partial charge in [-0.25, -0.2) is 4.79 Å². The second-order valence-electron chi connectivity index (χ2n) is 8.16. The predicted molar refractivity (Wildman–Crippen MR) is 133 cm³/mol. The number of hydrogen-bond donors (Lipinski definition) is 1. The molecule has 0 fully saturated rings. The Morgan fingerprint density at radius 1 is 1.06 bits per heavy atom. The topological polar surface area (TPSA) is 51.2 Å². The molecule has 4 aromatic rings. The number of fused-ring (bicyclic) bond motifs is 4. The Bertz CT molecular complexity index is 1320. The molecule has 1 aromatic heterocycles. The monoisotopic (exact) mass is 454 g/mol. The first-order valence-corrected chi connectivity index (χ1v) is 11.4. The zero-order valence-electron chi connectivity index (χ0n) is 18.2. The fraction of sp³-hybridized carbons (Fsp3) is 0.143. The Morgan fingerprint density at radius 3 is 2.45 bits per heavy atom. The number of nitrogens with one attached hydrogen (secondary N) is 1. The van der Waals surface area contributed by atoms with E-state index in [4.69, 9.17) is 16.3 Å². The summed E-state index contributed by atoms with van der Waals surface area (Å²) in [6.07, 6.45) is 3.20. The van der Waals surface area contributed by atoms with Crippen LogP contribution < -0.4 is 5.32 Å². The molecule has 0 saturated heterocycles. The molecule has 0 spiro atoms. The minimum absolute atomic E-state index is 0.0330. The maximum atomic E-state index is 12.6. The number of ether oxygens (including phenoxy) is 1. The highest BCUT2D eigenvalue weighted by Crippen LogP contribution is 2.44. The Hall–Kier alpha value is -3.63. The van der Waals surface area contributed by atoms with Crippen molar-refractivity contribution in [1.29, 1.82) is 0 Å². The smallest absolute Gasteiger partial charge is 0.407 e. The number of hydrogen-bond acceptors (Lipinski definition) is 3. The number of carbonyl (C=O) groups is 1. The molecule has 1 aliphatic carbocycles. The number of alkyl carbamates (subject to hydrolysis) is 1. The molecular weight excluding hydrogens is 432 g/mol. The van der Waals surface area contributed by atoms with E-state index in [1.807, 2.05) is 67.7 Å². The lowest BCUT2D eigenvalue weighted by Crippen LogP contribution is -2.29. The molecule has 1 atom stereocenters. The van der Waals surface area contributed by atoms with Crippen LogP contribution in [0.4, 0.5) is 4.79 Å². The van der Waals surface area contributed by atoms with Crippen LogP contribution in [0.15, 0.2) is 84.5 Å². The summed E-state index contributed by atoms with van der Waals surface area (Å²) in [4.78, 5) is 17.2. The normalized spacial score (nSPS) is 13.6. The van der Waals surface area contributed by atoms with E-state index in [1.54, 1.807) is 0 Å². The average molecular weight is 455 g/mol. The van der Waals surface area contributed by atoms with E-state index in [1.165, 1.54) is 27.8 Å². The Morgan fingerprint density at radius 2 is 1.76 bits per heavy atom. The van der Waals surface area contributed by atoms with Crippen molar-refractivity contribution < 1.29 is 9.53 Å². The lowest BCUT2D eigenvalue weighted by molar-refractivity contribution is 0.139. The van der Waals surface area contributed by atoms with Crippen molar-refractivity contribution in [3.8, 4) is 11.1 Å². The van der Waals surface area contributed by atoms with Gasteiger partial charge in [-0.2, -0.15) is 0 Å². The molecule has 5 rings (SSSR count). The minimum atomic E-state index is -0.454. The molecule has 1 unspecified atom stereocenters. The molecule has 1 amide bonds. The highest BCUT2D eigenvalue weighted by atomic mass is 35.5. The van der Waals surface area contributed by atoms with E-state index < -0.39 is 6.09 Å². The van der Waals surface area contributed by atoms with Crippen molar-refractivity contribution in [3.63, 3.8) is 0 Å². The summed E-state index contributed by atoms with van der Waals surface area (Å²) in [5, 5.41) is 4.96. The van der Waals surface area contributed by atoms with E-state index >= 15 is 0 Å². The number of amides is 1. The summed E-state index contributed by atoms with van der Waals surface area (Å²) in [6, 6.07) is 24.3. The van der Waals surface area contributed by atoms with Gasteiger partial charge in [-0.05, 0) is 52.3 Å². The summed E-state index contributed by atoms with van der Waals surface area (Å²) in [6.45, 7) is 2.18. The van der Waals surface area contributed by atoms with Crippen LogP contribution in [-0.2, 0) is 4.74 Å². The van der Waals surface area contributed by atoms with Gasteiger partial charge < -0.3 is 10.1 Å². The van der Waals surface area contributed by atoms with Gasteiger partial charge in [-0.15, -0.1) is 0 Å². The van der Waals surface area contributed by atoms with Gasteiger partial charge in [0.1, 0.15) is 6.61 Å². The predicted octanol–water partition coefficient (Wildman–Crippen LogP) is 7.04. The van der Waals surface area contributed by atoms with Crippen molar-refractivity contribution in [2.24, 2.45) is 0 Å². The standard InChI is InChI=1S/C28H23ClN2O2/c1-18(27-15-20-8-6-7-19(13-14-29)25(20)16-30-27)31-28(32)33-17-26-23-11-4-2-9-21(23)22-10-3-5-12-24(22)26/h2-16,18,26H,17H2,1H3,(H,31,32). The van der Waals surface area contributed by atoms with Crippen LogP contribution in [0, 0.1) is 0 Å². The third-order valence-electron chi connectivity index (χ3n) is 6.18. The van der Waals surface area contributed by atoms with Gasteiger partial charge in [0.2, 0.25) is 0 Å². The molecule has 3 aromatic carbocycles. The maximum Gasteiger partial charge on any atom is 0.407 e. The lowest BCUT2D eigenvalue weighted by atomic mass is 9.98. The number of aromatic nitrogens is 1. The Kier molecular flexibility index (Phi) is 5.84. The fourth-order valence-corrected chi connectivity index (χ4v) is 4.69. The number of carbonyl (C=O) groups excluding carboxylic acids is 1. The minimum Gasteiger partial charge on any atom is -0.449 e. The molecule has 0 radical (unpaired) electrons. The van der Waals surface area contributed by atoms with Gasteiger partial charge >= 0.3 is 6.09 Å². The van der Waals surface area contributed by atoms with Crippen molar-refractivity contribution in [3.05, 3.63) is 107 Å². The van der Waals surface area contributed by atoms with Crippen molar-refractivity contribution in [1.82, 2.24) is 10.3 Å². The fourth-order valence-electron chi connectivity index (χ4n) is 4.55. The van der Waals surface area contributed by atoms with Gasteiger partial charge in [0.25, 0.3) is 0 Å². The molecule has 1 N–H and O–H groups in total. The first-order chi connectivity index (χ1) is 16.2. The van der Waals surface area contributed by atoms with Gasteiger partial charge in [0.05, 0.1) is 11.7 Å². The van der Waals surface area contributed by atoms with Crippen molar-refractivity contribution >= 4 is 34.5 Å². The zero-order chi connectivity index (χ0) is 22.8. The Balaban J connectivity index is 1.28. The molecule has 4 nitrogen and oxygen atoms in total. The molecular formula is C28H23ClN2O2. The number of pyridine rings is 1. The summed E-state index contributed by atoms with van der Waals surface area (Å²) >= 11 is 5.75. The zero-order valence-corrected chi connectivity index (χ0v) is 18.9. The summed E-state index contributed by atoms with van der Waals surface area (Å²) in [7, 11) is 0. The van der Waals surface area contributed by atoms with Crippen molar-refractivity contribution in [2.75, 3.05) is 6.61 Å².